The fraction of sp³-hybridized carbons (Fsp3) is 0.200. The average Bonchev–Trinajstić information content (AvgIpc) is 3.10. The zero-order valence-electron chi connectivity index (χ0n) is 16.2. The third-order valence-corrected chi connectivity index (χ3v) is 5.51. The highest BCUT2D eigenvalue weighted by molar-refractivity contribution is 7.92. The highest BCUT2D eigenvalue weighted by atomic mass is 32.2. The first kappa shape index (κ1) is 20.8. The highest BCUT2D eigenvalue weighted by Gasteiger charge is 2.10. The number of aromatic nitrogens is 1. The maximum absolute atomic E-state index is 12.2. The molecule has 0 atom stereocenters. The van der Waals surface area contributed by atoms with Crippen LogP contribution < -0.4 is 14.8 Å². The Bertz CT molecular complexity index is 1120. The fourth-order valence-electron chi connectivity index (χ4n) is 2.57. The molecule has 0 spiro atoms. The van der Waals surface area contributed by atoms with Crippen molar-refractivity contribution < 1.29 is 17.9 Å². The van der Waals surface area contributed by atoms with Gasteiger partial charge in [-0.1, -0.05) is 24.3 Å². The van der Waals surface area contributed by atoms with Gasteiger partial charge in [-0.25, -0.2) is 13.4 Å². The monoisotopic (exact) mass is 431 g/mol. The second-order valence-corrected chi connectivity index (χ2v) is 9.13. The molecule has 0 saturated carbocycles. The summed E-state index contributed by atoms with van der Waals surface area (Å²) in [6.45, 7) is 3.83. The first-order chi connectivity index (χ1) is 13.7. The lowest BCUT2D eigenvalue weighted by Gasteiger charge is -2.10. The molecule has 0 aliphatic rings. The summed E-state index contributed by atoms with van der Waals surface area (Å²) < 4.78 is 30.6. The fourth-order valence-corrected chi connectivity index (χ4v) is 3.87. The van der Waals surface area contributed by atoms with E-state index < -0.39 is 10.0 Å². The topological polar surface area (TPSA) is 97.4 Å². The van der Waals surface area contributed by atoms with E-state index in [2.05, 4.69) is 15.0 Å². The van der Waals surface area contributed by atoms with Gasteiger partial charge in [0.2, 0.25) is 10.0 Å². The van der Waals surface area contributed by atoms with Crippen molar-refractivity contribution in [1.29, 1.82) is 0 Å². The third-order valence-electron chi connectivity index (χ3n) is 4.15. The van der Waals surface area contributed by atoms with E-state index in [9.17, 15) is 13.2 Å². The summed E-state index contributed by atoms with van der Waals surface area (Å²) in [6, 6.07) is 12.6. The highest BCUT2D eigenvalue weighted by Crippen LogP contribution is 2.26. The summed E-state index contributed by atoms with van der Waals surface area (Å²) in [5.41, 5.74) is 4.08. The quantitative estimate of drug-likeness (QED) is 0.593. The third kappa shape index (κ3) is 5.78. The molecular weight excluding hydrogens is 410 g/mol. The number of nitrogens with zero attached hydrogens (tertiary/aromatic N) is 1. The number of thiazole rings is 1. The van der Waals surface area contributed by atoms with Crippen LogP contribution in [0.1, 0.15) is 11.1 Å². The number of rotatable bonds is 7. The second kappa shape index (κ2) is 8.62. The van der Waals surface area contributed by atoms with Crippen molar-refractivity contribution in [2.45, 2.75) is 13.8 Å². The van der Waals surface area contributed by atoms with E-state index >= 15 is 0 Å². The molecule has 0 fully saturated rings. The molecule has 2 N–H and O–H groups in total. The SMILES string of the molecule is Cc1cccc(OCC(=O)Nc2nc(-c3ccc(NS(C)(=O)=O)cc3)cs2)c1C. The van der Waals surface area contributed by atoms with E-state index in [-0.39, 0.29) is 12.5 Å². The summed E-state index contributed by atoms with van der Waals surface area (Å²) in [5, 5.41) is 5.02. The Morgan fingerprint density at radius 3 is 2.55 bits per heavy atom. The molecule has 0 aliphatic heterocycles. The number of anilines is 2. The van der Waals surface area contributed by atoms with Crippen molar-refractivity contribution in [3.8, 4) is 17.0 Å². The maximum Gasteiger partial charge on any atom is 0.264 e. The van der Waals surface area contributed by atoms with Crippen LogP contribution in [0, 0.1) is 13.8 Å². The molecular formula is C20H21N3O4S2. The molecule has 0 radical (unpaired) electrons. The molecule has 3 aromatic rings. The van der Waals surface area contributed by atoms with E-state index in [1.165, 1.54) is 11.3 Å². The van der Waals surface area contributed by atoms with Gasteiger partial charge in [0.25, 0.3) is 5.91 Å². The van der Waals surface area contributed by atoms with Crippen LogP contribution >= 0.6 is 11.3 Å². The minimum absolute atomic E-state index is 0.106. The molecule has 1 heterocycles. The van der Waals surface area contributed by atoms with Crippen LogP contribution in [-0.2, 0) is 14.8 Å². The molecule has 3 rings (SSSR count). The van der Waals surface area contributed by atoms with E-state index in [0.29, 0.717) is 22.3 Å². The van der Waals surface area contributed by atoms with Gasteiger partial charge in [0.1, 0.15) is 5.75 Å². The molecule has 0 aliphatic carbocycles. The molecule has 1 amide bonds. The number of ether oxygens (including phenoxy) is 1. The van der Waals surface area contributed by atoms with E-state index in [1.54, 1.807) is 24.3 Å². The molecule has 9 heteroatoms. The number of hydrogen-bond donors (Lipinski definition) is 2. The first-order valence-corrected chi connectivity index (χ1v) is 11.5. The minimum atomic E-state index is -3.32. The van der Waals surface area contributed by atoms with Crippen LogP contribution in [0.2, 0.25) is 0 Å². The van der Waals surface area contributed by atoms with Crippen LogP contribution in [0.25, 0.3) is 11.3 Å². The number of carbonyl (C=O) groups excluding carboxylic acids is 1. The Balaban J connectivity index is 1.59. The molecule has 0 saturated heterocycles. The molecule has 1 aromatic heterocycles. The maximum atomic E-state index is 12.2. The van der Waals surface area contributed by atoms with E-state index in [4.69, 9.17) is 4.74 Å². The van der Waals surface area contributed by atoms with Crippen LogP contribution in [0.15, 0.2) is 47.8 Å². The van der Waals surface area contributed by atoms with Gasteiger partial charge < -0.3 is 4.74 Å². The van der Waals surface area contributed by atoms with Gasteiger partial charge in [0.05, 0.1) is 11.9 Å². The van der Waals surface area contributed by atoms with Gasteiger partial charge in [0, 0.05) is 16.6 Å². The molecule has 0 unspecified atom stereocenters. The lowest BCUT2D eigenvalue weighted by molar-refractivity contribution is -0.118. The largest absolute Gasteiger partial charge is 0.483 e. The Hall–Kier alpha value is -2.91. The van der Waals surface area contributed by atoms with Crippen LogP contribution in [0.4, 0.5) is 10.8 Å². The Labute approximate surface area is 173 Å². The van der Waals surface area contributed by atoms with E-state index in [1.807, 2.05) is 37.4 Å². The summed E-state index contributed by atoms with van der Waals surface area (Å²) in [6.07, 6.45) is 1.10. The number of amides is 1. The molecule has 2 aromatic carbocycles. The molecule has 0 bridgehead atoms. The van der Waals surface area contributed by atoms with Gasteiger partial charge in [-0.3, -0.25) is 14.8 Å². The van der Waals surface area contributed by atoms with Gasteiger partial charge in [0.15, 0.2) is 11.7 Å². The minimum Gasteiger partial charge on any atom is -0.483 e. The number of hydrogen-bond acceptors (Lipinski definition) is 6. The van der Waals surface area contributed by atoms with Crippen molar-refractivity contribution in [3.63, 3.8) is 0 Å². The summed E-state index contributed by atoms with van der Waals surface area (Å²) >= 11 is 1.30. The van der Waals surface area contributed by atoms with Gasteiger partial charge in [-0.2, -0.15) is 0 Å². The summed E-state index contributed by atoms with van der Waals surface area (Å²) in [4.78, 5) is 16.6. The van der Waals surface area contributed by atoms with Crippen molar-refractivity contribution in [3.05, 3.63) is 59.0 Å². The zero-order chi connectivity index (χ0) is 21.0. The molecule has 29 heavy (non-hydrogen) atoms. The van der Waals surface area contributed by atoms with Gasteiger partial charge >= 0.3 is 0 Å². The van der Waals surface area contributed by atoms with Crippen molar-refractivity contribution in [2.75, 3.05) is 22.9 Å². The predicted molar refractivity (Wildman–Crippen MR) is 116 cm³/mol. The normalized spacial score (nSPS) is 11.1. The van der Waals surface area contributed by atoms with Crippen molar-refractivity contribution in [2.24, 2.45) is 0 Å². The summed E-state index contributed by atoms with van der Waals surface area (Å²) in [5.74, 6) is 0.391. The Morgan fingerprint density at radius 1 is 1.14 bits per heavy atom. The zero-order valence-corrected chi connectivity index (χ0v) is 17.9. The Morgan fingerprint density at radius 2 is 1.86 bits per heavy atom. The predicted octanol–water partition coefficient (Wildman–Crippen LogP) is 3.82. The first-order valence-electron chi connectivity index (χ1n) is 8.74. The number of sulfonamides is 1. The molecule has 7 nitrogen and oxygen atoms in total. The lowest BCUT2D eigenvalue weighted by atomic mass is 10.1. The number of benzene rings is 2. The smallest absolute Gasteiger partial charge is 0.264 e. The van der Waals surface area contributed by atoms with Gasteiger partial charge in [-0.05, 0) is 43.2 Å². The van der Waals surface area contributed by atoms with E-state index in [0.717, 1.165) is 22.9 Å². The molecule has 152 valence electrons. The summed E-state index contributed by atoms with van der Waals surface area (Å²) in [7, 11) is -3.32. The van der Waals surface area contributed by atoms with Crippen LogP contribution in [0.5, 0.6) is 5.75 Å². The van der Waals surface area contributed by atoms with Crippen LogP contribution in [0.3, 0.4) is 0 Å². The van der Waals surface area contributed by atoms with Gasteiger partial charge in [-0.15, -0.1) is 11.3 Å². The number of aryl methyl sites for hydroxylation is 1. The van der Waals surface area contributed by atoms with Crippen molar-refractivity contribution in [1.82, 2.24) is 4.98 Å². The average molecular weight is 432 g/mol. The Kier molecular flexibility index (Phi) is 6.19. The number of carbonyl (C=O) groups is 1. The van der Waals surface area contributed by atoms with Crippen LogP contribution in [-0.4, -0.2) is 32.2 Å². The standard InChI is InChI=1S/C20H21N3O4S2/c1-13-5-4-6-18(14(13)2)27-11-19(24)22-20-21-17(12-28-20)15-7-9-16(10-8-15)23-29(3,25)26/h4-10,12,23H,11H2,1-3H3,(H,21,22,24). The number of nitrogens with one attached hydrogen (secondary N) is 2. The second-order valence-electron chi connectivity index (χ2n) is 6.52. The van der Waals surface area contributed by atoms with Crippen molar-refractivity contribution >= 4 is 38.1 Å². The lowest BCUT2D eigenvalue weighted by Crippen LogP contribution is -2.20.